The van der Waals surface area contributed by atoms with Crippen LogP contribution in [0.5, 0.6) is 0 Å². The first kappa shape index (κ1) is 21.0. The molecule has 1 aromatic heterocycles. The first-order chi connectivity index (χ1) is 17.3. The van der Waals surface area contributed by atoms with Crippen molar-refractivity contribution >= 4 is 10.8 Å². The maximum absolute atomic E-state index is 4.95. The van der Waals surface area contributed by atoms with Gasteiger partial charge in [0.05, 0.1) is 11.4 Å². The van der Waals surface area contributed by atoms with Crippen LogP contribution in [0, 0.1) is 6.92 Å². The zero-order chi connectivity index (χ0) is 23.6. The van der Waals surface area contributed by atoms with E-state index in [1.807, 2.05) is 36.4 Å². The minimum Gasteiger partial charge on any atom is -0.228 e. The maximum Gasteiger partial charge on any atom is 0.160 e. The minimum absolute atomic E-state index is 0.729. The minimum atomic E-state index is 0.729. The summed E-state index contributed by atoms with van der Waals surface area (Å²) >= 11 is 0. The molecule has 5 aromatic carbocycles. The molecule has 166 valence electrons. The Labute approximate surface area is 205 Å². The molecule has 6 aromatic rings. The first-order valence-corrected chi connectivity index (χ1v) is 11.9. The van der Waals surface area contributed by atoms with Crippen LogP contribution in [0.3, 0.4) is 0 Å². The van der Waals surface area contributed by atoms with Gasteiger partial charge in [-0.2, -0.15) is 0 Å². The highest BCUT2D eigenvalue weighted by Crippen LogP contribution is 2.32. The summed E-state index contributed by atoms with van der Waals surface area (Å²) in [5.74, 6) is 0.729. The molecule has 0 bridgehead atoms. The summed E-state index contributed by atoms with van der Waals surface area (Å²) in [6, 6.07) is 44.2. The highest BCUT2D eigenvalue weighted by Gasteiger charge is 2.11. The lowest BCUT2D eigenvalue weighted by atomic mass is 9.94. The fourth-order valence-electron chi connectivity index (χ4n) is 4.63. The van der Waals surface area contributed by atoms with Crippen molar-refractivity contribution in [2.24, 2.45) is 0 Å². The van der Waals surface area contributed by atoms with Crippen LogP contribution >= 0.6 is 0 Å². The zero-order valence-electron chi connectivity index (χ0n) is 19.5. The van der Waals surface area contributed by atoms with E-state index in [0.29, 0.717) is 0 Å². The van der Waals surface area contributed by atoms with Gasteiger partial charge in [0, 0.05) is 16.7 Å². The van der Waals surface area contributed by atoms with E-state index in [9.17, 15) is 0 Å². The molecule has 35 heavy (non-hydrogen) atoms. The molecule has 0 amide bonds. The molecule has 0 saturated carbocycles. The molecule has 0 aliphatic carbocycles. The lowest BCUT2D eigenvalue weighted by molar-refractivity contribution is 1.18. The van der Waals surface area contributed by atoms with E-state index in [2.05, 4.69) is 97.9 Å². The number of hydrogen-bond acceptors (Lipinski definition) is 2. The highest BCUT2D eigenvalue weighted by molar-refractivity contribution is 5.91. The Morgan fingerprint density at radius 2 is 1.00 bits per heavy atom. The number of hydrogen-bond donors (Lipinski definition) is 0. The predicted octanol–water partition coefficient (Wildman–Crippen LogP) is 8.61. The van der Waals surface area contributed by atoms with E-state index in [0.717, 1.165) is 33.9 Å². The monoisotopic (exact) mass is 448 g/mol. The average Bonchev–Trinajstić information content (AvgIpc) is 2.94. The van der Waals surface area contributed by atoms with Gasteiger partial charge < -0.3 is 0 Å². The van der Waals surface area contributed by atoms with Crippen LogP contribution in [0.4, 0.5) is 0 Å². The lowest BCUT2D eigenvalue weighted by Gasteiger charge is -2.12. The number of aromatic nitrogens is 2. The largest absolute Gasteiger partial charge is 0.228 e. The molecule has 0 fully saturated rings. The standard InChI is InChI=1S/C33H24N2/c1-23-29-15-9-8-10-24(29)20-21-30(23)25-16-18-28(19-17-25)33-34-31(26-11-4-2-5-12-26)22-32(35-33)27-13-6-3-7-14-27/h2-22H,1H3. The maximum atomic E-state index is 4.95. The van der Waals surface area contributed by atoms with Crippen molar-refractivity contribution in [2.45, 2.75) is 6.92 Å². The lowest BCUT2D eigenvalue weighted by Crippen LogP contribution is -1.96. The molecule has 0 aliphatic rings. The van der Waals surface area contributed by atoms with Crippen LogP contribution in [0.15, 0.2) is 127 Å². The molecule has 6 rings (SSSR count). The Kier molecular flexibility index (Phi) is 5.40. The summed E-state index contributed by atoms with van der Waals surface area (Å²) in [5, 5.41) is 2.56. The van der Waals surface area contributed by atoms with Crippen molar-refractivity contribution in [1.29, 1.82) is 0 Å². The molecule has 2 heteroatoms. The van der Waals surface area contributed by atoms with E-state index >= 15 is 0 Å². The van der Waals surface area contributed by atoms with Crippen molar-refractivity contribution in [1.82, 2.24) is 9.97 Å². The van der Waals surface area contributed by atoms with Crippen molar-refractivity contribution in [3.8, 4) is 45.0 Å². The fraction of sp³-hybridized carbons (Fsp3) is 0.0303. The van der Waals surface area contributed by atoms with Crippen molar-refractivity contribution in [3.05, 3.63) is 133 Å². The third-order valence-electron chi connectivity index (χ3n) is 6.52. The van der Waals surface area contributed by atoms with Crippen molar-refractivity contribution in [2.75, 3.05) is 0 Å². The number of benzene rings is 5. The molecule has 0 spiro atoms. The Hall–Kier alpha value is -4.56. The van der Waals surface area contributed by atoms with E-state index in [1.54, 1.807) is 0 Å². The average molecular weight is 449 g/mol. The van der Waals surface area contributed by atoms with E-state index in [1.165, 1.54) is 27.5 Å². The molecule has 0 radical (unpaired) electrons. The van der Waals surface area contributed by atoms with Crippen LogP contribution in [-0.2, 0) is 0 Å². The number of aryl methyl sites for hydroxylation is 1. The smallest absolute Gasteiger partial charge is 0.160 e. The van der Waals surface area contributed by atoms with Gasteiger partial charge in [-0.25, -0.2) is 9.97 Å². The predicted molar refractivity (Wildman–Crippen MR) is 146 cm³/mol. The Bertz CT molecular complexity index is 1560. The number of nitrogens with zero attached hydrogens (tertiary/aromatic N) is 2. The van der Waals surface area contributed by atoms with Gasteiger partial charge in [0.2, 0.25) is 0 Å². The quantitative estimate of drug-likeness (QED) is 0.270. The molecule has 0 N–H and O–H groups in total. The first-order valence-electron chi connectivity index (χ1n) is 11.9. The molecule has 1 heterocycles. The van der Waals surface area contributed by atoms with Crippen LogP contribution in [0.25, 0.3) is 55.8 Å². The van der Waals surface area contributed by atoms with Crippen molar-refractivity contribution < 1.29 is 0 Å². The van der Waals surface area contributed by atoms with Gasteiger partial charge in [-0.1, -0.05) is 121 Å². The summed E-state index contributed by atoms with van der Waals surface area (Å²) in [6.45, 7) is 2.20. The zero-order valence-corrected chi connectivity index (χ0v) is 19.5. The van der Waals surface area contributed by atoms with Gasteiger partial charge in [0.1, 0.15) is 0 Å². The molecular weight excluding hydrogens is 424 g/mol. The van der Waals surface area contributed by atoms with Gasteiger partial charge in [0.25, 0.3) is 0 Å². The second-order valence-electron chi connectivity index (χ2n) is 8.73. The Morgan fingerprint density at radius 1 is 0.457 bits per heavy atom. The third-order valence-corrected chi connectivity index (χ3v) is 6.52. The SMILES string of the molecule is Cc1c(-c2ccc(-c3nc(-c4ccccc4)cc(-c4ccccc4)n3)cc2)ccc2ccccc12. The summed E-state index contributed by atoms with van der Waals surface area (Å²) in [6.07, 6.45) is 0. The number of fused-ring (bicyclic) bond motifs is 1. The Morgan fingerprint density at radius 3 is 1.63 bits per heavy atom. The van der Waals surface area contributed by atoms with Crippen LogP contribution < -0.4 is 0 Å². The number of rotatable bonds is 4. The van der Waals surface area contributed by atoms with Gasteiger partial charge in [-0.3, -0.25) is 0 Å². The highest BCUT2D eigenvalue weighted by atomic mass is 14.9. The van der Waals surface area contributed by atoms with Gasteiger partial charge in [-0.15, -0.1) is 0 Å². The molecule has 0 saturated heterocycles. The van der Waals surface area contributed by atoms with E-state index in [-0.39, 0.29) is 0 Å². The summed E-state index contributed by atoms with van der Waals surface area (Å²) in [7, 11) is 0. The fourth-order valence-corrected chi connectivity index (χ4v) is 4.63. The second kappa shape index (κ2) is 9.00. The second-order valence-corrected chi connectivity index (χ2v) is 8.73. The summed E-state index contributed by atoms with van der Waals surface area (Å²) in [4.78, 5) is 9.90. The molecule has 0 aliphatic heterocycles. The summed E-state index contributed by atoms with van der Waals surface area (Å²) < 4.78 is 0. The van der Waals surface area contributed by atoms with Crippen LogP contribution in [0.2, 0.25) is 0 Å². The van der Waals surface area contributed by atoms with Gasteiger partial charge >= 0.3 is 0 Å². The molecule has 0 atom stereocenters. The van der Waals surface area contributed by atoms with E-state index < -0.39 is 0 Å². The molecular formula is C33H24N2. The van der Waals surface area contributed by atoms with Crippen molar-refractivity contribution in [3.63, 3.8) is 0 Å². The molecule has 2 nitrogen and oxygen atoms in total. The molecule has 0 unspecified atom stereocenters. The van der Waals surface area contributed by atoms with Gasteiger partial charge in [0.15, 0.2) is 5.82 Å². The normalized spacial score (nSPS) is 11.0. The third kappa shape index (κ3) is 4.11. The summed E-state index contributed by atoms with van der Waals surface area (Å²) in [5.41, 5.74) is 8.74. The van der Waals surface area contributed by atoms with Crippen LogP contribution in [0.1, 0.15) is 5.56 Å². The Balaban J connectivity index is 1.44. The van der Waals surface area contributed by atoms with Gasteiger partial charge in [-0.05, 0) is 40.5 Å². The van der Waals surface area contributed by atoms with E-state index in [4.69, 9.17) is 9.97 Å². The topological polar surface area (TPSA) is 25.8 Å². The van der Waals surface area contributed by atoms with Crippen LogP contribution in [-0.4, -0.2) is 9.97 Å².